The SMILES string of the molecule is Cl.NCC(=O)NCC(=O)NC(Cc1ccccc1)C(F)(F)F. The minimum atomic E-state index is -4.58. The van der Waals surface area contributed by atoms with Gasteiger partial charge in [0.05, 0.1) is 13.1 Å². The van der Waals surface area contributed by atoms with Gasteiger partial charge in [-0.15, -0.1) is 12.4 Å². The lowest BCUT2D eigenvalue weighted by Crippen LogP contribution is -2.50. The first kappa shape index (κ1) is 20.2. The molecule has 22 heavy (non-hydrogen) atoms. The summed E-state index contributed by atoms with van der Waals surface area (Å²) in [5, 5.41) is 3.97. The van der Waals surface area contributed by atoms with Gasteiger partial charge in [-0.05, 0) is 5.56 Å². The Balaban J connectivity index is 0.00000441. The number of amides is 2. The van der Waals surface area contributed by atoms with E-state index in [2.05, 4.69) is 5.32 Å². The van der Waals surface area contributed by atoms with E-state index in [9.17, 15) is 22.8 Å². The minimum absolute atomic E-state index is 0. The Bertz CT molecular complexity index is 483. The molecule has 0 bridgehead atoms. The molecule has 1 unspecified atom stereocenters. The minimum Gasteiger partial charge on any atom is -0.346 e. The Morgan fingerprint density at radius 3 is 2.23 bits per heavy atom. The van der Waals surface area contributed by atoms with Gasteiger partial charge in [-0.2, -0.15) is 13.2 Å². The predicted octanol–water partition coefficient (Wildman–Crippen LogP) is 0.773. The molecule has 0 aromatic heterocycles. The van der Waals surface area contributed by atoms with Crippen LogP contribution in [0, 0.1) is 0 Å². The third-order valence-electron chi connectivity index (χ3n) is 2.64. The summed E-state index contributed by atoms with van der Waals surface area (Å²) >= 11 is 0. The fourth-order valence-corrected chi connectivity index (χ4v) is 1.59. The van der Waals surface area contributed by atoms with Crippen LogP contribution >= 0.6 is 12.4 Å². The van der Waals surface area contributed by atoms with Crippen molar-refractivity contribution in [3.05, 3.63) is 35.9 Å². The molecule has 1 atom stereocenters. The summed E-state index contributed by atoms with van der Waals surface area (Å²) in [6.07, 6.45) is -4.95. The van der Waals surface area contributed by atoms with Gasteiger partial charge in [0.25, 0.3) is 0 Å². The van der Waals surface area contributed by atoms with E-state index in [1.54, 1.807) is 30.3 Å². The summed E-state index contributed by atoms with van der Waals surface area (Å²) in [6, 6.07) is 6.00. The third kappa shape index (κ3) is 7.28. The van der Waals surface area contributed by atoms with Crippen LogP contribution in [0.2, 0.25) is 0 Å². The second-order valence-corrected chi connectivity index (χ2v) is 4.33. The number of nitrogens with one attached hydrogen (secondary N) is 2. The van der Waals surface area contributed by atoms with E-state index >= 15 is 0 Å². The second kappa shape index (κ2) is 9.26. The predicted molar refractivity (Wildman–Crippen MR) is 77.4 cm³/mol. The summed E-state index contributed by atoms with van der Waals surface area (Å²) in [5.41, 5.74) is 5.46. The molecule has 4 N–H and O–H groups in total. The van der Waals surface area contributed by atoms with Gasteiger partial charge >= 0.3 is 6.18 Å². The van der Waals surface area contributed by atoms with E-state index < -0.39 is 30.6 Å². The van der Waals surface area contributed by atoms with E-state index in [-0.39, 0.29) is 25.4 Å². The Morgan fingerprint density at radius 1 is 1.14 bits per heavy atom. The molecule has 0 aliphatic carbocycles. The number of benzene rings is 1. The lowest BCUT2D eigenvalue weighted by Gasteiger charge is -2.22. The van der Waals surface area contributed by atoms with E-state index in [1.807, 2.05) is 5.32 Å². The van der Waals surface area contributed by atoms with Gasteiger partial charge in [0.1, 0.15) is 6.04 Å². The summed E-state index contributed by atoms with van der Waals surface area (Å²) in [4.78, 5) is 22.3. The Labute approximate surface area is 131 Å². The molecular weight excluding hydrogens is 323 g/mol. The smallest absolute Gasteiger partial charge is 0.346 e. The molecule has 0 aliphatic heterocycles. The topological polar surface area (TPSA) is 84.2 Å². The molecule has 1 rings (SSSR count). The number of alkyl halides is 3. The molecule has 0 fully saturated rings. The highest BCUT2D eigenvalue weighted by Gasteiger charge is 2.40. The van der Waals surface area contributed by atoms with Crippen LogP contribution in [0.1, 0.15) is 5.56 Å². The second-order valence-electron chi connectivity index (χ2n) is 4.33. The summed E-state index contributed by atoms with van der Waals surface area (Å²) in [6.45, 7) is -0.878. The number of hydrogen-bond acceptors (Lipinski definition) is 3. The standard InChI is InChI=1S/C13H16F3N3O2.ClH/c14-13(15,16)10(6-9-4-2-1-3-5-9)19-12(21)8-18-11(20)7-17;/h1-5,10H,6-8,17H2,(H,18,20)(H,19,21);1H. The van der Waals surface area contributed by atoms with Crippen LogP contribution in [0.15, 0.2) is 30.3 Å². The number of nitrogens with two attached hydrogens (primary N) is 1. The zero-order chi connectivity index (χ0) is 15.9. The van der Waals surface area contributed by atoms with Gasteiger partial charge in [0, 0.05) is 6.42 Å². The first-order valence-corrected chi connectivity index (χ1v) is 6.19. The van der Waals surface area contributed by atoms with Crippen LogP contribution in [0.4, 0.5) is 13.2 Å². The maximum Gasteiger partial charge on any atom is 0.408 e. The van der Waals surface area contributed by atoms with Crippen molar-refractivity contribution in [2.24, 2.45) is 5.73 Å². The molecular formula is C13H17ClF3N3O2. The third-order valence-corrected chi connectivity index (χ3v) is 2.64. The lowest BCUT2D eigenvalue weighted by molar-refractivity contribution is -0.161. The van der Waals surface area contributed by atoms with Crippen LogP contribution < -0.4 is 16.4 Å². The van der Waals surface area contributed by atoms with Gasteiger partial charge in [-0.1, -0.05) is 30.3 Å². The average molecular weight is 340 g/mol. The van der Waals surface area contributed by atoms with Crippen LogP contribution in [0.5, 0.6) is 0 Å². The monoisotopic (exact) mass is 339 g/mol. The van der Waals surface area contributed by atoms with Crippen molar-refractivity contribution in [3.63, 3.8) is 0 Å². The van der Waals surface area contributed by atoms with Gasteiger partial charge in [0.15, 0.2) is 0 Å². The highest BCUT2D eigenvalue weighted by Crippen LogP contribution is 2.23. The van der Waals surface area contributed by atoms with Crippen LogP contribution in [-0.4, -0.2) is 37.1 Å². The summed E-state index contributed by atoms with van der Waals surface area (Å²) < 4.78 is 38.7. The van der Waals surface area contributed by atoms with E-state index in [4.69, 9.17) is 5.73 Å². The summed E-state index contributed by atoms with van der Waals surface area (Å²) in [7, 11) is 0. The fourth-order valence-electron chi connectivity index (χ4n) is 1.59. The van der Waals surface area contributed by atoms with Crippen molar-refractivity contribution < 1.29 is 22.8 Å². The number of hydrogen-bond donors (Lipinski definition) is 3. The molecule has 0 aliphatic rings. The van der Waals surface area contributed by atoms with Crippen molar-refractivity contribution in [2.75, 3.05) is 13.1 Å². The van der Waals surface area contributed by atoms with E-state index in [0.717, 1.165) is 0 Å². The largest absolute Gasteiger partial charge is 0.408 e. The molecule has 0 saturated heterocycles. The summed E-state index contributed by atoms with van der Waals surface area (Å²) in [5.74, 6) is -1.54. The molecule has 0 spiro atoms. The Kier molecular flexibility index (Phi) is 8.51. The van der Waals surface area contributed by atoms with Gasteiger partial charge in [0.2, 0.25) is 11.8 Å². The van der Waals surface area contributed by atoms with Crippen LogP contribution in [0.25, 0.3) is 0 Å². The van der Waals surface area contributed by atoms with Crippen molar-refractivity contribution in [1.82, 2.24) is 10.6 Å². The molecule has 124 valence electrons. The normalized spacial score (nSPS) is 12.0. The molecule has 1 aromatic carbocycles. The average Bonchev–Trinajstić information content (AvgIpc) is 2.44. The molecule has 2 amide bonds. The number of carbonyl (C=O) groups excluding carboxylic acids is 2. The first-order valence-electron chi connectivity index (χ1n) is 6.19. The fraction of sp³-hybridized carbons (Fsp3) is 0.385. The first-order chi connectivity index (χ1) is 9.82. The maximum absolute atomic E-state index is 12.9. The van der Waals surface area contributed by atoms with Crippen molar-refractivity contribution in [1.29, 1.82) is 0 Å². The molecule has 0 saturated carbocycles. The molecule has 0 heterocycles. The number of rotatable bonds is 6. The van der Waals surface area contributed by atoms with Gasteiger partial charge in [-0.25, -0.2) is 0 Å². The van der Waals surface area contributed by atoms with Crippen molar-refractivity contribution in [2.45, 2.75) is 18.6 Å². The van der Waals surface area contributed by atoms with Gasteiger partial charge < -0.3 is 16.4 Å². The number of carbonyl (C=O) groups is 2. The maximum atomic E-state index is 12.9. The van der Waals surface area contributed by atoms with E-state index in [0.29, 0.717) is 5.56 Å². The van der Waals surface area contributed by atoms with E-state index in [1.165, 1.54) is 0 Å². The quantitative estimate of drug-likeness (QED) is 0.716. The van der Waals surface area contributed by atoms with Crippen LogP contribution in [-0.2, 0) is 16.0 Å². The highest BCUT2D eigenvalue weighted by molar-refractivity contribution is 5.85. The van der Waals surface area contributed by atoms with Crippen molar-refractivity contribution >= 4 is 24.2 Å². The van der Waals surface area contributed by atoms with Crippen LogP contribution in [0.3, 0.4) is 0 Å². The highest BCUT2D eigenvalue weighted by atomic mass is 35.5. The number of halogens is 4. The zero-order valence-electron chi connectivity index (χ0n) is 11.5. The lowest BCUT2D eigenvalue weighted by atomic mass is 10.1. The molecule has 1 aromatic rings. The van der Waals surface area contributed by atoms with Gasteiger partial charge in [-0.3, -0.25) is 9.59 Å². The Morgan fingerprint density at radius 2 is 1.73 bits per heavy atom. The molecule has 0 radical (unpaired) electrons. The molecule has 5 nitrogen and oxygen atoms in total. The Hall–Kier alpha value is -1.80. The molecule has 9 heteroatoms. The zero-order valence-corrected chi connectivity index (χ0v) is 12.3. The van der Waals surface area contributed by atoms with Crippen molar-refractivity contribution in [3.8, 4) is 0 Å².